The van der Waals surface area contributed by atoms with Gasteiger partial charge in [0, 0.05) is 15.5 Å². The van der Waals surface area contributed by atoms with Crippen LogP contribution in [0.5, 0.6) is 0 Å². The van der Waals surface area contributed by atoms with Gasteiger partial charge in [-0.1, -0.05) is 24.4 Å². The zero-order valence-electron chi connectivity index (χ0n) is 11.8. The Labute approximate surface area is 133 Å². The van der Waals surface area contributed by atoms with Crippen molar-refractivity contribution in [1.29, 1.82) is 0 Å². The number of hydrogen-bond donors (Lipinski definition) is 1. The van der Waals surface area contributed by atoms with Crippen LogP contribution in [0.1, 0.15) is 52.0 Å². The van der Waals surface area contributed by atoms with Crippen molar-refractivity contribution in [2.75, 3.05) is 5.73 Å². The summed E-state index contributed by atoms with van der Waals surface area (Å²) in [7, 11) is 0. The van der Waals surface area contributed by atoms with E-state index >= 15 is 0 Å². The molecule has 1 aromatic carbocycles. The first kappa shape index (κ1) is 14.6. The van der Waals surface area contributed by atoms with E-state index < -0.39 is 0 Å². The lowest BCUT2D eigenvalue weighted by Crippen LogP contribution is -2.07. The van der Waals surface area contributed by atoms with Crippen molar-refractivity contribution in [1.82, 2.24) is 0 Å². The first-order valence-electron chi connectivity index (χ1n) is 7.37. The fourth-order valence-electron chi connectivity index (χ4n) is 2.94. The maximum Gasteiger partial charge on any atom is 0.196 e. The predicted molar refractivity (Wildman–Crippen MR) is 89.5 cm³/mol. The van der Waals surface area contributed by atoms with Gasteiger partial charge >= 0.3 is 0 Å². The van der Waals surface area contributed by atoms with Gasteiger partial charge in [0.05, 0.1) is 10.6 Å². The van der Waals surface area contributed by atoms with E-state index in [1.165, 1.54) is 29.7 Å². The SMILES string of the molecule is Nc1sc2c(c1C(=O)c1ccc(Cl)cc1)CCCCCC2. The molecule has 3 rings (SSSR count). The van der Waals surface area contributed by atoms with Crippen LogP contribution in [0.4, 0.5) is 5.00 Å². The number of hydrogen-bond acceptors (Lipinski definition) is 3. The summed E-state index contributed by atoms with van der Waals surface area (Å²) in [5.74, 6) is 0.0299. The second kappa shape index (κ2) is 6.20. The lowest BCUT2D eigenvalue weighted by atomic mass is 9.93. The summed E-state index contributed by atoms with van der Waals surface area (Å²) in [5.41, 5.74) is 8.75. The molecule has 0 amide bonds. The molecule has 0 saturated heterocycles. The van der Waals surface area contributed by atoms with Gasteiger partial charge < -0.3 is 5.73 Å². The molecule has 1 aromatic heterocycles. The number of halogens is 1. The van der Waals surface area contributed by atoms with E-state index in [0.717, 1.165) is 24.8 Å². The Balaban J connectivity index is 2.01. The molecule has 0 fully saturated rings. The number of benzene rings is 1. The van der Waals surface area contributed by atoms with Gasteiger partial charge in [0.1, 0.15) is 0 Å². The maximum atomic E-state index is 12.8. The number of thiophene rings is 1. The number of rotatable bonds is 2. The molecule has 2 aromatic rings. The minimum Gasteiger partial charge on any atom is -0.390 e. The van der Waals surface area contributed by atoms with Crippen molar-refractivity contribution in [3.63, 3.8) is 0 Å². The first-order valence-corrected chi connectivity index (χ1v) is 8.56. The van der Waals surface area contributed by atoms with Gasteiger partial charge in [-0.3, -0.25) is 4.79 Å². The Morgan fingerprint density at radius 3 is 2.43 bits per heavy atom. The number of carbonyl (C=O) groups is 1. The van der Waals surface area contributed by atoms with Crippen LogP contribution in [-0.2, 0) is 12.8 Å². The van der Waals surface area contributed by atoms with Crippen molar-refractivity contribution < 1.29 is 4.79 Å². The largest absolute Gasteiger partial charge is 0.390 e. The first-order chi connectivity index (χ1) is 10.2. The monoisotopic (exact) mass is 319 g/mol. The van der Waals surface area contributed by atoms with Crippen LogP contribution in [0, 0.1) is 0 Å². The number of anilines is 1. The van der Waals surface area contributed by atoms with E-state index in [1.54, 1.807) is 35.6 Å². The molecule has 1 heterocycles. The lowest BCUT2D eigenvalue weighted by Gasteiger charge is -2.11. The summed E-state index contributed by atoms with van der Waals surface area (Å²) in [6.45, 7) is 0. The summed E-state index contributed by atoms with van der Waals surface area (Å²) in [6.07, 6.45) is 6.88. The van der Waals surface area contributed by atoms with Gasteiger partial charge in [-0.15, -0.1) is 11.3 Å². The minimum atomic E-state index is 0.0299. The summed E-state index contributed by atoms with van der Waals surface area (Å²) in [6, 6.07) is 7.05. The molecule has 0 aliphatic heterocycles. The Kier molecular flexibility index (Phi) is 4.32. The molecule has 4 heteroatoms. The molecule has 1 aliphatic carbocycles. The second-order valence-corrected chi connectivity index (χ2v) is 7.07. The zero-order chi connectivity index (χ0) is 14.8. The highest BCUT2D eigenvalue weighted by atomic mass is 35.5. The quantitative estimate of drug-likeness (QED) is 0.802. The van der Waals surface area contributed by atoms with Gasteiger partial charge in [0.15, 0.2) is 5.78 Å². The van der Waals surface area contributed by atoms with Gasteiger partial charge in [-0.2, -0.15) is 0 Å². The molecular weight excluding hydrogens is 302 g/mol. The zero-order valence-corrected chi connectivity index (χ0v) is 13.4. The molecule has 0 bridgehead atoms. The van der Waals surface area contributed by atoms with E-state index in [2.05, 4.69) is 0 Å². The van der Waals surface area contributed by atoms with Crippen molar-refractivity contribution >= 4 is 33.7 Å². The lowest BCUT2D eigenvalue weighted by molar-refractivity contribution is 0.103. The molecule has 0 spiro atoms. The molecule has 2 nitrogen and oxygen atoms in total. The molecule has 0 unspecified atom stereocenters. The van der Waals surface area contributed by atoms with E-state index in [0.29, 0.717) is 15.6 Å². The predicted octanol–water partition coefficient (Wildman–Crippen LogP) is 4.87. The van der Waals surface area contributed by atoms with Gasteiger partial charge in [0.2, 0.25) is 0 Å². The molecule has 21 heavy (non-hydrogen) atoms. The molecule has 0 saturated carbocycles. The third kappa shape index (κ3) is 2.99. The van der Waals surface area contributed by atoms with E-state index in [1.807, 2.05) is 0 Å². The Bertz CT molecular complexity index is 660. The third-order valence-corrected chi connectivity index (χ3v) is 5.40. The number of nitrogens with two attached hydrogens (primary N) is 1. The smallest absolute Gasteiger partial charge is 0.196 e. The van der Waals surface area contributed by atoms with Crippen LogP contribution in [0.25, 0.3) is 0 Å². The van der Waals surface area contributed by atoms with Crippen LogP contribution in [-0.4, -0.2) is 5.78 Å². The summed E-state index contributed by atoms with van der Waals surface area (Å²) in [5, 5.41) is 1.31. The average Bonchev–Trinajstić information content (AvgIpc) is 2.74. The highest BCUT2D eigenvalue weighted by Gasteiger charge is 2.23. The van der Waals surface area contributed by atoms with Crippen molar-refractivity contribution in [2.45, 2.75) is 38.5 Å². The molecule has 0 radical (unpaired) electrons. The van der Waals surface area contributed by atoms with Crippen LogP contribution < -0.4 is 5.73 Å². The highest BCUT2D eigenvalue weighted by Crippen LogP contribution is 2.36. The maximum absolute atomic E-state index is 12.8. The topological polar surface area (TPSA) is 43.1 Å². The molecular formula is C17H18ClNOS. The van der Waals surface area contributed by atoms with Gasteiger partial charge in [-0.05, 0) is 55.5 Å². The van der Waals surface area contributed by atoms with E-state index in [-0.39, 0.29) is 5.78 Å². The number of fused-ring (bicyclic) bond motifs is 1. The van der Waals surface area contributed by atoms with E-state index in [9.17, 15) is 4.79 Å². The Morgan fingerprint density at radius 2 is 1.71 bits per heavy atom. The molecule has 0 atom stereocenters. The molecule has 1 aliphatic rings. The Morgan fingerprint density at radius 1 is 1.05 bits per heavy atom. The summed E-state index contributed by atoms with van der Waals surface area (Å²) >= 11 is 7.49. The third-order valence-electron chi connectivity index (χ3n) is 4.03. The van der Waals surface area contributed by atoms with Crippen molar-refractivity contribution in [3.05, 3.63) is 50.9 Å². The Hall–Kier alpha value is -1.32. The molecule has 2 N–H and O–H groups in total. The summed E-state index contributed by atoms with van der Waals surface area (Å²) in [4.78, 5) is 14.1. The minimum absolute atomic E-state index is 0.0299. The van der Waals surface area contributed by atoms with Gasteiger partial charge in [0.25, 0.3) is 0 Å². The van der Waals surface area contributed by atoms with Crippen LogP contribution >= 0.6 is 22.9 Å². The number of carbonyl (C=O) groups excluding carboxylic acids is 1. The van der Waals surface area contributed by atoms with Gasteiger partial charge in [-0.25, -0.2) is 0 Å². The standard InChI is InChI=1S/C17H18ClNOS/c18-12-9-7-11(8-10-12)16(20)15-13-5-3-1-2-4-6-14(13)21-17(15)19/h7-10H,1-6,19H2. The fraction of sp³-hybridized carbons (Fsp3) is 0.353. The number of aryl methyl sites for hydroxylation is 1. The molecule has 110 valence electrons. The number of nitrogen functional groups attached to an aromatic ring is 1. The van der Waals surface area contributed by atoms with Crippen LogP contribution in [0.15, 0.2) is 24.3 Å². The normalized spacial score (nSPS) is 15.1. The van der Waals surface area contributed by atoms with Crippen LogP contribution in [0.2, 0.25) is 5.02 Å². The number of ketones is 1. The average molecular weight is 320 g/mol. The van der Waals surface area contributed by atoms with Crippen molar-refractivity contribution in [2.24, 2.45) is 0 Å². The van der Waals surface area contributed by atoms with E-state index in [4.69, 9.17) is 17.3 Å². The summed E-state index contributed by atoms with van der Waals surface area (Å²) < 4.78 is 0. The second-order valence-electron chi connectivity index (χ2n) is 5.49. The van der Waals surface area contributed by atoms with Crippen molar-refractivity contribution in [3.8, 4) is 0 Å². The highest BCUT2D eigenvalue weighted by molar-refractivity contribution is 7.16. The fourth-order valence-corrected chi connectivity index (χ4v) is 4.22. The van der Waals surface area contributed by atoms with Crippen LogP contribution in [0.3, 0.4) is 0 Å².